The summed E-state index contributed by atoms with van der Waals surface area (Å²) < 4.78 is 18.1. The molecule has 22 heavy (non-hydrogen) atoms. The van der Waals surface area contributed by atoms with Crippen molar-refractivity contribution in [2.75, 3.05) is 32.7 Å². The molecule has 0 aliphatic carbocycles. The Labute approximate surface area is 134 Å². The number of thioether (sulfide) groups is 1. The number of methoxy groups -OCH3 is 1. The van der Waals surface area contributed by atoms with Crippen LogP contribution >= 0.6 is 11.8 Å². The van der Waals surface area contributed by atoms with Gasteiger partial charge in [0.15, 0.2) is 5.16 Å². The molecule has 0 unspecified atom stereocenters. The summed E-state index contributed by atoms with van der Waals surface area (Å²) in [6, 6.07) is 7.65. The van der Waals surface area contributed by atoms with E-state index < -0.39 is 0 Å². The van der Waals surface area contributed by atoms with Crippen LogP contribution in [0.25, 0.3) is 0 Å². The fourth-order valence-electron chi connectivity index (χ4n) is 1.79. The molecule has 120 valence electrons. The van der Waals surface area contributed by atoms with Crippen molar-refractivity contribution in [1.29, 1.82) is 0 Å². The highest BCUT2D eigenvalue weighted by Gasteiger charge is 2.04. The summed E-state index contributed by atoms with van der Waals surface area (Å²) in [4.78, 5) is 0. The fraction of sp³-hybridized carbons (Fsp3) is 0.467. The SMILES string of the molecule is CCOc1ccc(OCCSc2nncn2CCOC)cc1. The van der Waals surface area contributed by atoms with Crippen molar-refractivity contribution in [3.05, 3.63) is 30.6 Å². The summed E-state index contributed by atoms with van der Waals surface area (Å²) >= 11 is 1.62. The molecule has 0 bridgehead atoms. The number of hydrogen-bond donors (Lipinski definition) is 0. The van der Waals surface area contributed by atoms with Crippen LogP contribution in [0, 0.1) is 0 Å². The minimum Gasteiger partial charge on any atom is -0.494 e. The Balaban J connectivity index is 1.71. The van der Waals surface area contributed by atoms with Gasteiger partial charge >= 0.3 is 0 Å². The zero-order chi connectivity index (χ0) is 15.6. The van der Waals surface area contributed by atoms with Crippen molar-refractivity contribution in [3.8, 4) is 11.5 Å². The van der Waals surface area contributed by atoms with Crippen LogP contribution in [-0.4, -0.2) is 47.4 Å². The Kier molecular flexibility index (Phi) is 7.05. The maximum Gasteiger partial charge on any atom is 0.191 e. The Morgan fingerprint density at radius 1 is 1.09 bits per heavy atom. The third-order valence-corrected chi connectivity index (χ3v) is 3.78. The molecule has 0 spiro atoms. The number of benzene rings is 1. The summed E-state index contributed by atoms with van der Waals surface area (Å²) in [5, 5.41) is 8.90. The Bertz CT molecular complexity index is 545. The molecular weight excluding hydrogens is 302 g/mol. The van der Waals surface area contributed by atoms with Gasteiger partial charge in [0.1, 0.15) is 17.8 Å². The molecular formula is C15H21N3O3S. The Hall–Kier alpha value is -1.73. The summed E-state index contributed by atoms with van der Waals surface area (Å²) in [7, 11) is 1.68. The van der Waals surface area contributed by atoms with Gasteiger partial charge in [0.05, 0.1) is 19.8 Å². The van der Waals surface area contributed by atoms with Gasteiger partial charge in [-0.15, -0.1) is 10.2 Å². The lowest BCUT2D eigenvalue weighted by Crippen LogP contribution is -2.06. The minimum absolute atomic E-state index is 0.607. The van der Waals surface area contributed by atoms with Crippen molar-refractivity contribution in [3.63, 3.8) is 0 Å². The highest BCUT2D eigenvalue weighted by Crippen LogP contribution is 2.19. The van der Waals surface area contributed by atoms with Gasteiger partial charge in [-0.2, -0.15) is 0 Å². The average Bonchev–Trinajstić information content (AvgIpc) is 2.99. The topological polar surface area (TPSA) is 58.4 Å². The van der Waals surface area contributed by atoms with E-state index >= 15 is 0 Å². The summed E-state index contributed by atoms with van der Waals surface area (Å²) in [5.74, 6) is 2.50. The monoisotopic (exact) mass is 323 g/mol. The maximum atomic E-state index is 5.70. The van der Waals surface area contributed by atoms with Gasteiger partial charge in [-0.1, -0.05) is 11.8 Å². The van der Waals surface area contributed by atoms with E-state index in [9.17, 15) is 0 Å². The molecule has 0 radical (unpaired) electrons. The minimum atomic E-state index is 0.607. The molecule has 0 fully saturated rings. The standard InChI is InChI=1S/C15H21N3O3S/c1-3-20-13-4-6-14(7-5-13)21-10-11-22-15-17-16-12-18(15)8-9-19-2/h4-7,12H,3,8-11H2,1-2H3. The van der Waals surface area contributed by atoms with Crippen LogP contribution in [0.15, 0.2) is 35.7 Å². The van der Waals surface area contributed by atoms with Gasteiger partial charge in [0.2, 0.25) is 0 Å². The molecule has 1 heterocycles. The fourth-order valence-corrected chi connectivity index (χ4v) is 2.55. The largest absolute Gasteiger partial charge is 0.494 e. The number of hydrogen-bond acceptors (Lipinski definition) is 6. The Morgan fingerprint density at radius 2 is 1.82 bits per heavy atom. The summed E-state index contributed by atoms with van der Waals surface area (Å²) in [6.45, 7) is 4.64. The van der Waals surface area contributed by atoms with E-state index in [2.05, 4.69) is 10.2 Å². The van der Waals surface area contributed by atoms with Crippen molar-refractivity contribution in [1.82, 2.24) is 14.8 Å². The van der Waals surface area contributed by atoms with Gasteiger partial charge in [-0.3, -0.25) is 0 Å². The number of aromatic nitrogens is 3. The predicted molar refractivity (Wildman–Crippen MR) is 85.7 cm³/mol. The molecule has 1 aromatic carbocycles. The number of nitrogens with zero attached hydrogens (tertiary/aromatic N) is 3. The van der Waals surface area contributed by atoms with Gasteiger partial charge in [0, 0.05) is 19.4 Å². The summed E-state index contributed by atoms with van der Waals surface area (Å²) in [6.07, 6.45) is 1.72. The second-order valence-corrected chi connectivity index (χ2v) is 5.46. The zero-order valence-corrected chi connectivity index (χ0v) is 13.7. The molecule has 0 saturated carbocycles. The molecule has 0 N–H and O–H groups in total. The molecule has 0 amide bonds. The van der Waals surface area contributed by atoms with E-state index in [1.165, 1.54) is 0 Å². The molecule has 1 aromatic heterocycles. The average molecular weight is 323 g/mol. The van der Waals surface area contributed by atoms with Crippen molar-refractivity contribution in [2.45, 2.75) is 18.6 Å². The van der Waals surface area contributed by atoms with Crippen LogP contribution in [0.4, 0.5) is 0 Å². The van der Waals surface area contributed by atoms with E-state index in [1.54, 1.807) is 25.2 Å². The first-order valence-corrected chi connectivity index (χ1v) is 8.17. The van der Waals surface area contributed by atoms with Gasteiger partial charge in [0.25, 0.3) is 0 Å². The van der Waals surface area contributed by atoms with E-state index in [0.717, 1.165) is 29.0 Å². The van der Waals surface area contributed by atoms with Crippen LogP contribution in [0.3, 0.4) is 0 Å². The molecule has 2 aromatic rings. The Morgan fingerprint density at radius 3 is 2.50 bits per heavy atom. The van der Waals surface area contributed by atoms with E-state index in [-0.39, 0.29) is 0 Å². The smallest absolute Gasteiger partial charge is 0.191 e. The first kappa shape index (κ1) is 16.6. The van der Waals surface area contributed by atoms with Crippen LogP contribution < -0.4 is 9.47 Å². The molecule has 7 heteroatoms. The molecule has 0 saturated heterocycles. The first-order chi connectivity index (χ1) is 10.8. The molecule has 0 aliphatic heterocycles. The lowest BCUT2D eigenvalue weighted by Gasteiger charge is -2.08. The van der Waals surface area contributed by atoms with E-state index in [4.69, 9.17) is 14.2 Å². The van der Waals surface area contributed by atoms with Crippen molar-refractivity contribution in [2.24, 2.45) is 0 Å². The van der Waals surface area contributed by atoms with Gasteiger partial charge < -0.3 is 18.8 Å². The summed E-state index contributed by atoms with van der Waals surface area (Å²) in [5.41, 5.74) is 0. The quantitative estimate of drug-likeness (QED) is 0.494. The van der Waals surface area contributed by atoms with Crippen LogP contribution in [0.5, 0.6) is 11.5 Å². The van der Waals surface area contributed by atoms with Crippen LogP contribution in [-0.2, 0) is 11.3 Å². The van der Waals surface area contributed by atoms with Gasteiger partial charge in [-0.05, 0) is 31.2 Å². The molecule has 6 nitrogen and oxygen atoms in total. The predicted octanol–water partition coefficient (Wildman–Crippen LogP) is 2.49. The molecule has 2 rings (SSSR count). The van der Waals surface area contributed by atoms with E-state index in [0.29, 0.717) is 19.8 Å². The molecule has 0 aliphatic rings. The maximum absolute atomic E-state index is 5.70. The second kappa shape index (κ2) is 9.32. The number of rotatable bonds is 10. The zero-order valence-electron chi connectivity index (χ0n) is 12.9. The van der Waals surface area contributed by atoms with Crippen LogP contribution in [0.2, 0.25) is 0 Å². The van der Waals surface area contributed by atoms with E-state index in [1.807, 2.05) is 35.8 Å². The normalized spacial score (nSPS) is 10.6. The van der Waals surface area contributed by atoms with Crippen molar-refractivity contribution >= 4 is 11.8 Å². The third kappa shape index (κ3) is 5.23. The lowest BCUT2D eigenvalue weighted by atomic mass is 10.3. The van der Waals surface area contributed by atoms with Crippen LogP contribution in [0.1, 0.15) is 6.92 Å². The third-order valence-electron chi connectivity index (χ3n) is 2.83. The highest BCUT2D eigenvalue weighted by atomic mass is 32.2. The lowest BCUT2D eigenvalue weighted by molar-refractivity contribution is 0.184. The number of ether oxygens (including phenoxy) is 3. The first-order valence-electron chi connectivity index (χ1n) is 7.18. The molecule has 0 atom stereocenters. The second-order valence-electron chi connectivity index (χ2n) is 4.40. The van der Waals surface area contributed by atoms with Crippen molar-refractivity contribution < 1.29 is 14.2 Å². The highest BCUT2D eigenvalue weighted by molar-refractivity contribution is 7.99. The van der Waals surface area contributed by atoms with Gasteiger partial charge in [-0.25, -0.2) is 0 Å².